The lowest BCUT2D eigenvalue weighted by atomic mass is 10.0. The van der Waals surface area contributed by atoms with Crippen LogP contribution in [0.15, 0.2) is 12.1 Å². The van der Waals surface area contributed by atoms with Crippen molar-refractivity contribution in [3.63, 3.8) is 0 Å². The SMILES string of the molecule is COc1cc(CCC(=O)N2CCC(NCC3CC3)CC2)cc(OC)c1OC.Cl. The first-order valence-corrected chi connectivity index (χ1v) is 9.94. The molecule has 2 fully saturated rings. The fourth-order valence-electron chi connectivity index (χ4n) is 3.68. The van der Waals surface area contributed by atoms with E-state index in [2.05, 4.69) is 5.32 Å². The average Bonchev–Trinajstić information content (AvgIpc) is 3.54. The molecule has 2 aliphatic rings. The highest BCUT2D eigenvalue weighted by Gasteiger charge is 2.26. The maximum absolute atomic E-state index is 12.6. The Labute approximate surface area is 174 Å². The minimum absolute atomic E-state index is 0. The van der Waals surface area contributed by atoms with Crippen molar-refractivity contribution >= 4 is 18.3 Å². The first-order valence-electron chi connectivity index (χ1n) is 9.94. The summed E-state index contributed by atoms with van der Waals surface area (Å²) in [5, 5.41) is 3.66. The fraction of sp³-hybridized carbons (Fsp3) is 0.667. The second-order valence-electron chi connectivity index (χ2n) is 7.54. The van der Waals surface area contributed by atoms with Gasteiger partial charge in [-0.25, -0.2) is 0 Å². The van der Waals surface area contributed by atoms with Gasteiger partial charge in [0.1, 0.15) is 0 Å². The molecule has 1 N–H and O–H groups in total. The summed E-state index contributed by atoms with van der Waals surface area (Å²) in [7, 11) is 4.80. The molecule has 0 unspecified atom stereocenters. The number of aryl methyl sites for hydroxylation is 1. The summed E-state index contributed by atoms with van der Waals surface area (Å²) < 4.78 is 16.1. The van der Waals surface area contributed by atoms with Crippen LogP contribution >= 0.6 is 12.4 Å². The van der Waals surface area contributed by atoms with Gasteiger partial charge in [0, 0.05) is 25.6 Å². The van der Waals surface area contributed by atoms with Crippen LogP contribution in [0.4, 0.5) is 0 Å². The van der Waals surface area contributed by atoms with Crippen molar-refractivity contribution in [3.05, 3.63) is 17.7 Å². The molecule has 28 heavy (non-hydrogen) atoms. The first-order chi connectivity index (χ1) is 13.1. The summed E-state index contributed by atoms with van der Waals surface area (Å²) in [4.78, 5) is 14.6. The molecule has 1 aromatic carbocycles. The van der Waals surface area contributed by atoms with Crippen molar-refractivity contribution in [2.45, 2.75) is 44.6 Å². The number of benzene rings is 1. The van der Waals surface area contributed by atoms with E-state index in [1.165, 1.54) is 12.8 Å². The summed E-state index contributed by atoms with van der Waals surface area (Å²) in [6.45, 7) is 2.87. The second-order valence-corrected chi connectivity index (χ2v) is 7.54. The summed E-state index contributed by atoms with van der Waals surface area (Å²) >= 11 is 0. The molecule has 1 heterocycles. The fourth-order valence-corrected chi connectivity index (χ4v) is 3.68. The second kappa shape index (κ2) is 10.8. The number of nitrogens with zero attached hydrogens (tertiary/aromatic N) is 1. The zero-order chi connectivity index (χ0) is 19.2. The number of nitrogens with one attached hydrogen (secondary N) is 1. The molecule has 1 saturated heterocycles. The third-order valence-electron chi connectivity index (χ3n) is 5.59. The molecule has 1 amide bonds. The molecule has 0 spiro atoms. The minimum atomic E-state index is 0. The van der Waals surface area contributed by atoms with Crippen molar-refractivity contribution in [1.29, 1.82) is 0 Å². The third kappa shape index (κ3) is 5.92. The van der Waals surface area contributed by atoms with E-state index in [0.29, 0.717) is 36.1 Å². The van der Waals surface area contributed by atoms with Gasteiger partial charge in [-0.05, 0) is 62.3 Å². The average molecular weight is 413 g/mol. The molecule has 0 bridgehead atoms. The van der Waals surface area contributed by atoms with Gasteiger partial charge in [-0.1, -0.05) is 0 Å². The first kappa shape index (κ1) is 22.6. The van der Waals surface area contributed by atoms with E-state index in [9.17, 15) is 4.79 Å². The number of ether oxygens (including phenoxy) is 3. The molecule has 0 aromatic heterocycles. The Morgan fingerprint density at radius 3 is 2.14 bits per heavy atom. The Kier molecular flexibility index (Phi) is 8.70. The molecule has 1 saturated carbocycles. The van der Waals surface area contributed by atoms with E-state index in [1.807, 2.05) is 17.0 Å². The van der Waals surface area contributed by atoms with Crippen LogP contribution in [-0.4, -0.2) is 57.8 Å². The number of carbonyl (C=O) groups excluding carboxylic acids is 1. The predicted molar refractivity (Wildman–Crippen MR) is 112 cm³/mol. The van der Waals surface area contributed by atoms with Crippen LogP contribution in [0.2, 0.25) is 0 Å². The van der Waals surface area contributed by atoms with Gasteiger partial charge >= 0.3 is 0 Å². The van der Waals surface area contributed by atoms with Gasteiger partial charge in [-0.2, -0.15) is 0 Å². The van der Waals surface area contributed by atoms with E-state index in [1.54, 1.807) is 21.3 Å². The van der Waals surface area contributed by atoms with Gasteiger partial charge < -0.3 is 24.4 Å². The van der Waals surface area contributed by atoms with E-state index >= 15 is 0 Å². The number of methoxy groups -OCH3 is 3. The minimum Gasteiger partial charge on any atom is -0.493 e. The van der Waals surface area contributed by atoms with Crippen LogP contribution in [0.1, 0.15) is 37.7 Å². The van der Waals surface area contributed by atoms with Crippen LogP contribution < -0.4 is 19.5 Å². The number of halogens is 1. The van der Waals surface area contributed by atoms with E-state index in [4.69, 9.17) is 14.2 Å². The number of hydrogen-bond acceptors (Lipinski definition) is 5. The topological polar surface area (TPSA) is 60.0 Å². The number of carbonyl (C=O) groups is 1. The lowest BCUT2D eigenvalue weighted by molar-refractivity contribution is -0.132. The Bertz CT molecular complexity index is 618. The van der Waals surface area contributed by atoms with E-state index in [0.717, 1.165) is 44.0 Å². The van der Waals surface area contributed by atoms with Crippen molar-refractivity contribution < 1.29 is 19.0 Å². The highest BCUT2D eigenvalue weighted by atomic mass is 35.5. The Balaban J connectivity index is 0.00000280. The van der Waals surface area contributed by atoms with Gasteiger partial charge in [0.15, 0.2) is 11.5 Å². The van der Waals surface area contributed by atoms with Gasteiger partial charge in [-0.15, -0.1) is 12.4 Å². The molecule has 1 aliphatic heterocycles. The van der Waals surface area contributed by atoms with E-state index < -0.39 is 0 Å². The van der Waals surface area contributed by atoms with Crippen molar-refractivity contribution in [3.8, 4) is 17.2 Å². The number of piperidine rings is 1. The number of amides is 1. The van der Waals surface area contributed by atoms with Gasteiger partial charge in [-0.3, -0.25) is 4.79 Å². The highest BCUT2D eigenvalue weighted by Crippen LogP contribution is 2.38. The quantitative estimate of drug-likeness (QED) is 0.675. The van der Waals surface area contributed by atoms with Crippen LogP contribution in [0, 0.1) is 5.92 Å². The molecule has 3 rings (SSSR count). The lowest BCUT2D eigenvalue weighted by Crippen LogP contribution is -2.45. The molecule has 158 valence electrons. The third-order valence-corrected chi connectivity index (χ3v) is 5.59. The molecule has 1 aliphatic carbocycles. The van der Waals surface area contributed by atoms with Crippen LogP contribution in [0.25, 0.3) is 0 Å². The maximum atomic E-state index is 12.6. The van der Waals surface area contributed by atoms with Crippen molar-refractivity contribution in [1.82, 2.24) is 10.2 Å². The highest BCUT2D eigenvalue weighted by molar-refractivity contribution is 5.85. The zero-order valence-electron chi connectivity index (χ0n) is 17.2. The largest absolute Gasteiger partial charge is 0.493 e. The van der Waals surface area contributed by atoms with Crippen LogP contribution in [-0.2, 0) is 11.2 Å². The molecule has 0 atom stereocenters. The molecule has 6 nitrogen and oxygen atoms in total. The molecular weight excluding hydrogens is 380 g/mol. The number of likely N-dealkylation sites (tertiary alicyclic amines) is 1. The summed E-state index contributed by atoms with van der Waals surface area (Å²) in [5.41, 5.74) is 1.01. The van der Waals surface area contributed by atoms with Crippen molar-refractivity contribution in [2.24, 2.45) is 5.92 Å². The van der Waals surface area contributed by atoms with Crippen LogP contribution in [0.3, 0.4) is 0 Å². The summed E-state index contributed by atoms with van der Waals surface area (Å²) in [6, 6.07) is 4.41. The zero-order valence-corrected chi connectivity index (χ0v) is 18.0. The van der Waals surface area contributed by atoms with Gasteiger partial charge in [0.2, 0.25) is 11.7 Å². The van der Waals surface area contributed by atoms with Gasteiger partial charge in [0.05, 0.1) is 21.3 Å². The Morgan fingerprint density at radius 2 is 1.64 bits per heavy atom. The Hall–Kier alpha value is -1.66. The van der Waals surface area contributed by atoms with Crippen LogP contribution in [0.5, 0.6) is 17.2 Å². The number of rotatable bonds is 9. The molecule has 0 radical (unpaired) electrons. The lowest BCUT2D eigenvalue weighted by Gasteiger charge is -2.32. The van der Waals surface area contributed by atoms with Crippen molar-refractivity contribution in [2.75, 3.05) is 41.0 Å². The molecule has 7 heteroatoms. The number of hydrogen-bond donors (Lipinski definition) is 1. The molecule has 1 aromatic rings. The monoisotopic (exact) mass is 412 g/mol. The standard InChI is InChI=1S/C21H32N2O4.ClH/c1-25-18-12-16(13-19(26-2)21(18)27-3)6-7-20(24)23-10-8-17(9-11-23)22-14-15-4-5-15;/h12-13,15,17,22H,4-11,14H2,1-3H3;1H. The summed E-state index contributed by atoms with van der Waals surface area (Å²) in [5.74, 6) is 2.96. The predicted octanol–water partition coefficient (Wildman–Crippen LogP) is 3.06. The summed E-state index contributed by atoms with van der Waals surface area (Å²) in [6.07, 6.45) is 6.04. The normalized spacial score (nSPS) is 17.0. The smallest absolute Gasteiger partial charge is 0.222 e. The van der Waals surface area contributed by atoms with Gasteiger partial charge in [0.25, 0.3) is 0 Å². The molecular formula is C21H33ClN2O4. The Morgan fingerprint density at radius 1 is 1.04 bits per heavy atom. The van der Waals surface area contributed by atoms with E-state index in [-0.39, 0.29) is 18.3 Å². The maximum Gasteiger partial charge on any atom is 0.222 e.